The van der Waals surface area contributed by atoms with Gasteiger partial charge in [-0.25, -0.2) is 9.78 Å². The van der Waals surface area contributed by atoms with Crippen LogP contribution in [0.15, 0.2) is 42.6 Å². The van der Waals surface area contributed by atoms with Gasteiger partial charge in [-0.1, -0.05) is 23.7 Å². The molecule has 1 aromatic carbocycles. The molecule has 0 atom stereocenters. The predicted molar refractivity (Wildman–Crippen MR) is 79.0 cm³/mol. The van der Waals surface area contributed by atoms with Gasteiger partial charge < -0.3 is 10.1 Å². The van der Waals surface area contributed by atoms with Gasteiger partial charge in [0.05, 0.1) is 6.61 Å². The lowest BCUT2D eigenvalue weighted by atomic mass is 10.2. The zero-order valence-electron chi connectivity index (χ0n) is 11.1. The van der Waals surface area contributed by atoms with Crippen LogP contribution >= 0.6 is 11.6 Å². The van der Waals surface area contributed by atoms with E-state index in [1.54, 1.807) is 25.3 Å². The highest BCUT2D eigenvalue weighted by molar-refractivity contribution is 6.30. The Morgan fingerprint density at radius 3 is 2.75 bits per heavy atom. The molecular weight excluding hydrogens is 276 g/mol. The van der Waals surface area contributed by atoms with Gasteiger partial charge in [-0.15, -0.1) is 0 Å². The molecule has 1 aromatic heterocycles. The van der Waals surface area contributed by atoms with E-state index in [0.29, 0.717) is 29.6 Å². The van der Waals surface area contributed by atoms with Crippen LogP contribution in [0.5, 0.6) is 0 Å². The average Bonchev–Trinajstić information content (AvgIpc) is 2.47. The molecule has 2 rings (SSSR count). The van der Waals surface area contributed by atoms with Gasteiger partial charge in [-0.2, -0.15) is 0 Å². The molecule has 2 aromatic rings. The first kappa shape index (κ1) is 14.3. The smallest absolute Gasteiger partial charge is 0.341 e. The molecule has 4 nitrogen and oxygen atoms in total. The first-order valence-corrected chi connectivity index (χ1v) is 6.69. The summed E-state index contributed by atoms with van der Waals surface area (Å²) in [5.41, 5.74) is 1.48. The SMILES string of the molecule is CCOC(=O)c1cccnc1NCc1ccc(Cl)cc1. The minimum Gasteiger partial charge on any atom is -0.462 e. The molecule has 0 aliphatic carbocycles. The number of nitrogens with one attached hydrogen (secondary N) is 1. The Morgan fingerprint density at radius 2 is 2.05 bits per heavy atom. The van der Waals surface area contributed by atoms with Crippen LogP contribution in [-0.4, -0.2) is 17.6 Å². The summed E-state index contributed by atoms with van der Waals surface area (Å²) in [7, 11) is 0. The zero-order valence-corrected chi connectivity index (χ0v) is 11.9. The van der Waals surface area contributed by atoms with Crippen LogP contribution in [0.2, 0.25) is 5.02 Å². The second kappa shape index (κ2) is 6.91. The van der Waals surface area contributed by atoms with E-state index in [-0.39, 0.29) is 5.97 Å². The number of anilines is 1. The number of hydrogen-bond acceptors (Lipinski definition) is 4. The maximum absolute atomic E-state index is 11.8. The van der Waals surface area contributed by atoms with Crippen LogP contribution in [0.1, 0.15) is 22.8 Å². The summed E-state index contributed by atoms with van der Waals surface area (Å²) >= 11 is 5.84. The number of benzene rings is 1. The third-order valence-corrected chi connectivity index (χ3v) is 2.93. The second-order valence-corrected chi connectivity index (χ2v) is 4.54. The van der Waals surface area contributed by atoms with E-state index in [0.717, 1.165) is 5.56 Å². The van der Waals surface area contributed by atoms with Gasteiger partial charge in [0.1, 0.15) is 11.4 Å². The number of nitrogens with zero attached hydrogens (tertiary/aromatic N) is 1. The molecular formula is C15H15ClN2O2. The Bertz CT molecular complexity index is 585. The van der Waals surface area contributed by atoms with Gasteiger partial charge in [0.15, 0.2) is 0 Å². The summed E-state index contributed by atoms with van der Waals surface area (Å²) in [5, 5.41) is 3.83. The van der Waals surface area contributed by atoms with Crippen LogP contribution in [0.3, 0.4) is 0 Å². The molecule has 0 spiro atoms. The topological polar surface area (TPSA) is 51.2 Å². The zero-order chi connectivity index (χ0) is 14.4. The molecule has 1 heterocycles. The van der Waals surface area contributed by atoms with Crippen LogP contribution < -0.4 is 5.32 Å². The van der Waals surface area contributed by atoms with E-state index in [4.69, 9.17) is 16.3 Å². The molecule has 0 aliphatic heterocycles. The second-order valence-electron chi connectivity index (χ2n) is 4.10. The monoisotopic (exact) mass is 290 g/mol. The summed E-state index contributed by atoms with van der Waals surface area (Å²) < 4.78 is 5.00. The number of rotatable bonds is 5. The van der Waals surface area contributed by atoms with E-state index in [1.807, 2.05) is 24.3 Å². The Labute approximate surface area is 122 Å². The van der Waals surface area contributed by atoms with Gasteiger partial charge in [-0.3, -0.25) is 0 Å². The molecule has 5 heteroatoms. The molecule has 20 heavy (non-hydrogen) atoms. The van der Waals surface area contributed by atoms with Gasteiger partial charge in [0, 0.05) is 17.8 Å². The van der Waals surface area contributed by atoms with Crippen molar-refractivity contribution in [3.63, 3.8) is 0 Å². The first-order valence-electron chi connectivity index (χ1n) is 6.31. The number of ether oxygens (including phenoxy) is 1. The fourth-order valence-electron chi connectivity index (χ4n) is 1.71. The number of carbonyl (C=O) groups is 1. The first-order chi connectivity index (χ1) is 9.70. The number of hydrogen-bond donors (Lipinski definition) is 1. The van der Waals surface area contributed by atoms with Crippen LogP contribution in [-0.2, 0) is 11.3 Å². The molecule has 104 valence electrons. The third-order valence-electron chi connectivity index (χ3n) is 2.68. The Hall–Kier alpha value is -2.07. The number of aromatic nitrogens is 1. The number of halogens is 1. The average molecular weight is 291 g/mol. The van der Waals surface area contributed by atoms with E-state index in [2.05, 4.69) is 10.3 Å². The molecule has 0 amide bonds. The van der Waals surface area contributed by atoms with Crippen molar-refractivity contribution in [2.75, 3.05) is 11.9 Å². The largest absolute Gasteiger partial charge is 0.462 e. The number of pyridine rings is 1. The van der Waals surface area contributed by atoms with E-state index in [1.165, 1.54) is 0 Å². The lowest BCUT2D eigenvalue weighted by molar-refractivity contribution is 0.0527. The Balaban J connectivity index is 2.09. The van der Waals surface area contributed by atoms with Crippen molar-refractivity contribution in [3.8, 4) is 0 Å². The summed E-state index contributed by atoms with van der Waals surface area (Å²) in [6, 6.07) is 10.9. The molecule has 0 saturated heterocycles. The minimum absolute atomic E-state index is 0.338. The summed E-state index contributed by atoms with van der Waals surface area (Å²) in [6.45, 7) is 2.67. The number of carbonyl (C=O) groups excluding carboxylic acids is 1. The maximum atomic E-state index is 11.8. The van der Waals surface area contributed by atoms with Crippen molar-refractivity contribution in [2.24, 2.45) is 0 Å². The summed E-state index contributed by atoms with van der Waals surface area (Å²) in [4.78, 5) is 16.0. The lowest BCUT2D eigenvalue weighted by Gasteiger charge is -2.10. The molecule has 0 aliphatic rings. The standard InChI is InChI=1S/C15H15ClN2O2/c1-2-20-15(19)13-4-3-9-17-14(13)18-10-11-5-7-12(16)8-6-11/h3-9H,2,10H2,1H3,(H,17,18). The molecule has 0 unspecified atom stereocenters. The van der Waals surface area contributed by atoms with Crippen molar-refractivity contribution in [2.45, 2.75) is 13.5 Å². The fraction of sp³-hybridized carbons (Fsp3) is 0.200. The number of esters is 1. The molecule has 0 saturated carbocycles. The third kappa shape index (κ3) is 3.71. The van der Waals surface area contributed by atoms with Crippen molar-refractivity contribution in [3.05, 3.63) is 58.7 Å². The van der Waals surface area contributed by atoms with Crippen molar-refractivity contribution >= 4 is 23.4 Å². The Kier molecular flexibility index (Phi) is 4.96. The molecule has 0 radical (unpaired) electrons. The van der Waals surface area contributed by atoms with Gasteiger partial charge in [0.25, 0.3) is 0 Å². The molecule has 0 fully saturated rings. The quantitative estimate of drug-likeness (QED) is 0.856. The van der Waals surface area contributed by atoms with Crippen LogP contribution in [0, 0.1) is 0 Å². The fourth-order valence-corrected chi connectivity index (χ4v) is 1.83. The van der Waals surface area contributed by atoms with Crippen molar-refractivity contribution in [1.82, 2.24) is 4.98 Å². The van der Waals surface area contributed by atoms with Gasteiger partial charge in [-0.05, 0) is 36.8 Å². The van der Waals surface area contributed by atoms with Gasteiger partial charge >= 0.3 is 5.97 Å². The van der Waals surface area contributed by atoms with E-state index < -0.39 is 0 Å². The normalized spacial score (nSPS) is 10.1. The highest BCUT2D eigenvalue weighted by atomic mass is 35.5. The van der Waals surface area contributed by atoms with Crippen LogP contribution in [0.4, 0.5) is 5.82 Å². The summed E-state index contributed by atoms with van der Waals surface area (Å²) in [6.07, 6.45) is 1.63. The van der Waals surface area contributed by atoms with Crippen LogP contribution in [0.25, 0.3) is 0 Å². The van der Waals surface area contributed by atoms with E-state index in [9.17, 15) is 4.79 Å². The molecule has 1 N–H and O–H groups in total. The van der Waals surface area contributed by atoms with E-state index >= 15 is 0 Å². The Morgan fingerprint density at radius 1 is 1.30 bits per heavy atom. The highest BCUT2D eigenvalue weighted by Crippen LogP contribution is 2.15. The summed E-state index contributed by atoms with van der Waals surface area (Å²) in [5.74, 6) is 0.139. The van der Waals surface area contributed by atoms with Gasteiger partial charge in [0.2, 0.25) is 0 Å². The predicted octanol–water partition coefficient (Wildman–Crippen LogP) is 3.52. The lowest BCUT2D eigenvalue weighted by Crippen LogP contribution is -2.11. The highest BCUT2D eigenvalue weighted by Gasteiger charge is 2.12. The van der Waals surface area contributed by atoms with Crippen molar-refractivity contribution < 1.29 is 9.53 Å². The maximum Gasteiger partial charge on any atom is 0.341 e. The molecule has 0 bridgehead atoms. The minimum atomic E-state index is -0.376. The van der Waals surface area contributed by atoms with Crippen molar-refractivity contribution in [1.29, 1.82) is 0 Å².